The van der Waals surface area contributed by atoms with Gasteiger partial charge in [0.25, 0.3) is 0 Å². The molecule has 0 aliphatic carbocycles. The number of rotatable bonds is 3. The minimum absolute atomic E-state index is 0.449. The predicted octanol–water partition coefficient (Wildman–Crippen LogP) is 2.98. The van der Waals surface area contributed by atoms with Crippen LogP contribution in [0.15, 0.2) is 16.6 Å². The molecule has 2 aliphatic rings. The first kappa shape index (κ1) is 13.9. The Morgan fingerprint density at radius 1 is 1.32 bits per heavy atom. The largest absolute Gasteiger partial charge is 0.493 e. The van der Waals surface area contributed by atoms with E-state index in [0.717, 1.165) is 54.9 Å². The fourth-order valence-electron chi connectivity index (χ4n) is 2.72. The van der Waals surface area contributed by atoms with E-state index in [1.54, 1.807) is 0 Å². The van der Waals surface area contributed by atoms with Crippen molar-refractivity contribution in [2.75, 3.05) is 31.7 Å². The molecule has 1 aromatic rings. The van der Waals surface area contributed by atoms with Crippen molar-refractivity contribution in [2.24, 2.45) is 0 Å². The molecule has 19 heavy (non-hydrogen) atoms. The molecule has 0 amide bonds. The van der Waals surface area contributed by atoms with E-state index in [1.165, 1.54) is 11.1 Å². The smallest absolute Gasteiger partial charge is 0.127 e. The maximum Gasteiger partial charge on any atom is 0.127 e. The van der Waals surface area contributed by atoms with Gasteiger partial charge >= 0.3 is 0 Å². The lowest BCUT2D eigenvalue weighted by molar-refractivity contribution is -0.00241. The Labute approximate surface area is 130 Å². The third-order valence-corrected chi connectivity index (χ3v) is 4.93. The van der Waals surface area contributed by atoms with Gasteiger partial charge in [-0.15, -0.1) is 0 Å². The lowest BCUT2D eigenvalue weighted by Gasteiger charge is -2.34. The van der Waals surface area contributed by atoms with Crippen molar-refractivity contribution in [3.8, 4) is 5.75 Å². The molecular formula is C14H17Br2NO2. The van der Waals surface area contributed by atoms with E-state index in [-0.39, 0.29) is 0 Å². The number of ether oxygens (including phenoxy) is 2. The number of benzene rings is 1. The van der Waals surface area contributed by atoms with Crippen molar-refractivity contribution in [3.63, 3.8) is 0 Å². The van der Waals surface area contributed by atoms with Crippen LogP contribution in [0.3, 0.4) is 0 Å². The van der Waals surface area contributed by atoms with Gasteiger partial charge in [-0.25, -0.2) is 0 Å². The summed E-state index contributed by atoms with van der Waals surface area (Å²) in [6.07, 6.45) is 1.02. The van der Waals surface area contributed by atoms with Crippen LogP contribution in [0.1, 0.15) is 11.1 Å². The van der Waals surface area contributed by atoms with E-state index in [2.05, 4.69) is 48.9 Å². The van der Waals surface area contributed by atoms with Gasteiger partial charge in [-0.3, -0.25) is 4.90 Å². The number of halogens is 2. The maximum absolute atomic E-state index is 5.80. The topological polar surface area (TPSA) is 21.7 Å². The van der Waals surface area contributed by atoms with Gasteiger partial charge in [0.15, 0.2) is 0 Å². The van der Waals surface area contributed by atoms with Crippen LogP contribution in [-0.4, -0.2) is 42.6 Å². The summed E-state index contributed by atoms with van der Waals surface area (Å²) in [7, 11) is 0. The number of hydrogen-bond acceptors (Lipinski definition) is 3. The molecular weight excluding hydrogens is 374 g/mol. The van der Waals surface area contributed by atoms with Crippen molar-refractivity contribution in [3.05, 3.63) is 27.7 Å². The van der Waals surface area contributed by atoms with Gasteiger partial charge in [0.05, 0.1) is 19.8 Å². The molecule has 1 saturated heterocycles. The first-order chi connectivity index (χ1) is 9.28. The van der Waals surface area contributed by atoms with Crippen LogP contribution in [0.5, 0.6) is 5.75 Å². The predicted molar refractivity (Wildman–Crippen MR) is 82.2 cm³/mol. The van der Waals surface area contributed by atoms with Crippen molar-refractivity contribution >= 4 is 31.9 Å². The number of alkyl halides is 1. The second-order valence-electron chi connectivity index (χ2n) is 5.01. The molecule has 0 radical (unpaired) electrons. The molecule has 1 aromatic carbocycles. The fourth-order valence-corrected chi connectivity index (χ4v) is 3.87. The molecule has 0 bridgehead atoms. The van der Waals surface area contributed by atoms with Gasteiger partial charge in [0.2, 0.25) is 0 Å². The molecule has 104 valence electrons. The molecule has 1 fully saturated rings. The van der Waals surface area contributed by atoms with E-state index < -0.39 is 0 Å². The number of hydrogen-bond donors (Lipinski definition) is 0. The number of morpholine rings is 1. The molecule has 0 spiro atoms. The van der Waals surface area contributed by atoms with Crippen LogP contribution in [0.25, 0.3) is 0 Å². The summed E-state index contributed by atoms with van der Waals surface area (Å²) in [5.74, 6) is 1.10. The van der Waals surface area contributed by atoms with Crippen molar-refractivity contribution < 1.29 is 9.47 Å². The minimum Gasteiger partial charge on any atom is -0.493 e. The number of nitrogens with zero attached hydrogens (tertiary/aromatic N) is 1. The maximum atomic E-state index is 5.80. The first-order valence-corrected chi connectivity index (χ1v) is 8.51. The highest BCUT2D eigenvalue weighted by atomic mass is 79.9. The number of fused-ring (bicyclic) bond motifs is 1. The van der Waals surface area contributed by atoms with Gasteiger partial charge in [0.1, 0.15) is 5.75 Å². The summed E-state index contributed by atoms with van der Waals surface area (Å²) >= 11 is 7.18. The van der Waals surface area contributed by atoms with Crippen LogP contribution < -0.4 is 4.74 Å². The normalized spacial score (nSPS) is 23.2. The SMILES string of the molecule is BrCC1COCCN1Cc1cc(Br)cc2c1OCC2. The fraction of sp³-hybridized carbons (Fsp3) is 0.571. The van der Waals surface area contributed by atoms with E-state index in [4.69, 9.17) is 9.47 Å². The van der Waals surface area contributed by atoms with Crippen LogP contribution in [0.4, 0.5) is 0 Å². The zero-order valence-electron chi connectivity index (χ0n) is 10.7. The molecule has 3 nitrogen and oxygen atoms in total. The summed E-state index contributed by atoms with van der Waals surface area (Å²) < 4.78 is 12.5. The van der Waals surface area contributed by atoms with E-state index in [9.17, 15) is 0 Å². The van der Waals surface area contributed by atoms with E-state index in [1.807, 2.05) is 0 Å². The molecule has 2 heterocycles. The Morgan fingerprint density at radius 2 is 2.21 bits per heavy atom. The Balaban J connectivity index is 1.82. The van der Waals surface area contributed by atoms with Crippen molar-refractivity contribution in [1.29, 1.82) is 0 Å². The van der Waals surface area contributed by atoms with Crippen molar-refractivity contribution in [1.82, 2.24) is 4.90 Å². The minimum atomic E-state index is 0.449. The summed E-state index contributed by atoms with van der Waals surface area (Å²) in [6.45, 7) is 4.35. The second-order valence-corrected chi connectivity index (χ2v) is 6.57. The summed E-state index contributed by atoms with van der Waals surface area (Å²) in [6, 6.07) is 4.81. The molecule has 0 aromatic heterocycles. The van der Waals surface area contributed by atoms with E-state index >= 15 is 0 Å². The first-order valence-electron chi connectivity index (χ1n) is 6.60. The average molecular weight is 391 g/mol. The molecule has 0 N–H and O–H groups in total. The third kappa shape index (κ3) is 2.99. The Hall–Kier alpha value is -0.100. The van der Waals surface area contributed by atoms with Crippen LogP contribution >= 0.6 is 31.9 Å². The lowest BCUT2D eigenvalue weighted by atomic mass is 10.1. The highest BCUT2D eigenvalue weighted by Gasteiger charge is 2.25. The van der Waals surface area contributed by atoms with Gasteiger partial charge < -0.3 is 9.47 Å². The summed E-state index contributed by atoms with van der Waals surface area (Å²) in [4.78, 5) is 2.47. The average Bonchev–Trinajstić information content (AvgIpc) is 2.87. The Morgan fingerprint density at radius 3 is 3.05 bits per heavy atom. The van der Waals surface area contributed by atoms with Crippen LogP contribution in [0, 0.1) is 0 Å². The highest BCUT2D eigenvalue weighted by Crippen LogP contribution is 2.34. The van der Waals surface area contributed by atoms with Crippen LogP contribution in [0.2, 0.25) is 0 Å². The molecule has 0 saturated carbocycles. The monoisotopic (exact) mass is 389 g/mol. The standard InChI is InChI=1S/C14H17Br2NO2/c15-7-13-9-18-4-2-17(13)8-11-6-12(16)5-10-1-3-19-14(10)11/h5-6,13H,1-4,7-9H2. The molecule has 1 unspecified atom stereocenters. The zero-order valence-corrected chi connectivity index (χ0v) is 13.9. The van der Waals surface area contributed by atoms with Gasteiger partial charge in [-0.1, -0.05) is 31.9 Å². The van der Waals surface area contributed by atoms with Crippen molar-refractivity contribution in [2.45, 2.75) is 19.0 Å². The van der Waals surface area contributed by atoms with Crippen LogP contribution in [-0.2, 0) is 17.7 Å². The molecule has 2 aliphatic heterocycles. The third-order valence-electron chi connectivity index (χ3n) is 3.73. The Bertz CT molecular complexity index is 467. The van der Waals surface area contributed by atoms with E-state index in [0.29, 0.717) is 6.04 Å². The quantitative estimate of drug-likeness (QED) is 0.740. The van der Waals surface area contributed by atoms with Gasteiger partial charge in [-0.05, 0) is 17.7 Å². The lowest BCUT2D eigenvalue weighted by Crippen LogP contribution is -2.45. The molecule has 3 rings (SSSR count). The van der Waals surface area contributed by atoms with Gasteiger partial charge in [0, 0.05) is 40.9 Å². The Kier molecular flexibility index (Phi) is 4.47. The second kappa shape index (κ2) is 6.12. The summed E-state index contributed by atoms with van der Waals surface area (Å²) in [5, 5.41) is 0.948. The highest BCUT2D eigenvalue weighted by molar-refractivity contribution is 9.10. The molecule has 5 heteroatoms. The van der Waals surface area contributed by atoms with Gasteiger partial charge in [-0.2, -0.15) is 0 Å². The summed E-state index contributed by atoms with van der Waals surface area (Å²) in [5.41, 5.74) is 2.61. The molecule has 1 atom stereocenters. The zero-order chi connectivity index (χ0) is 13.2.